The molecule has 0 aromatic carbocycles. The van der Waals surface area contributed by atoms with Crippen molar-refractivity contribution in [2.24, 2.45) is 0 Å². The Hall–Kier alpha value is -0.840. The van der Waals surface area contributed by atoms with Gasteiger partial charge in [-0.15, -0.1) is 0 Å². The molecule has 1 fully saturated rings. The van der Waals surface area contributed by atoms with Gasteiger partial charge in [-0.1, -0.05) is 11.6 Å². The third-order valence-electron chi connectivity index (χ3n) is 2.80. The highest BCUT2D eigenvalue weighted by Crippen LogP contribution is 2.20. The number of β-amino-alcohol motifs (C(OH)–C–C–N with tert-alkyl or cyclic N) is 1. The Bertz CT molecular complexity index is 372. The van der Waals surface area contributed by atoms with Crippen LogP contribution in [0.1, 0.15) is 12.1 Å². The first-order valence-corrected chi connectivity index (χ1v) is 5.80. The Kier molecular flexibility index (Phi) is 3.63. The molecule has 0 spiro atoms. The molecule has 1 aliphatic heterocycles. The van der Waals surface area contributed by atoms with Crippen molar-refractivity contribution in [1.82, 2.24) is 9.88 Å². The van der Waals surface area contributed by atoms with E-state index >= 15 is 0 Å². The zero-order valence-corrected chi connectivity index (χ0v) is 10.0. The number of likely N-dealkylation sites (tertiary alicyclic amines) is 1. The SMILES string of the molecule is CNc1ccc(Cl)c(CN2CCC(O)C2)n1. The minimum Gasteiger partial charge on any atom is -0.392 e. The van der Waals surface area contributed by atoms with Gasteiger partial charge in [-0.2, -0.15) is 0 Å². The van der Waals surface area contributed by atoms with E-state index in [4.69, 9.17) is 11.6 Å². The van der Waals surface area contributed by atoms with Gasteiger partial charge in [0, 0.05) is 26.7 Å². The summed E-state index contributed by atoms with van der Waals surface area (Å²) in [6.07, 6.45) is 0.634. The predicted octanol–water partition coefficient (Wildman–Crippen LogP) is 1.34. The number of hydrogen-bond donors (Lipinski definition) is 2. The molecule has 2 heterocycles. The van der Waals surface area contributed by atoms with E-state index in [0.29, 0.717) is 18.1 Å². The number of anilines is 1. The van der Waals surface area contributed by atoms with Crippen molar-refractivity contribution >= 4 is 17.4 Å². The Labute approximate surface area is 100 Å². The van der Waals surface area contributed by atoms with E-state index < -0.39 is 0 Å². The monoisotopic (exact) mass is 241 g/mol. The van der Waals surface area contributed by atoms with Crippen LogP contribution in [0.3, 0.4) is 0 Å². The maximum Gasteiger partial charge on any atom is 0.126 e. The van der Waals surface area contributed by atoms with Gasteiger partial charge in [0.1, 0.15) is 5.82 Å². The number of nitrogens with zero attached hydrogens (tertiary/aromatic N) is 2. The molecule has 0 amide bonds. The van der Waals surface area contributed by atoms with Crippen LogP contribution in [0.15, 0.2) is 12.1 Å². The quantitative estimate of drug-likeness (QED) is 0.839. The number of aliphatic hydroxyl groups excluding tert-OH is 1. The van der Waals surface area contributed by atoms with Crippen LogP contribution in [-0.4, -0.2) is 41.2 Å². The molecule has 2 N–H and O–H groups in total. The zero-order chi connectivity index (χ0) is 11.5. The fraction of sp³-hybridized carbons (Fsp3) is 0.545. The lowest BCUT2D eigenvalue weighted by Crippen LogP contribution is -2.22. The first-order valence-electron chi connectivity index (χ1n) is 5.42. The normalized spacial score (nSPS) is 21.3. The fourth-order valence-electron chi connectivity index (χ4n) is 1.90. The van der Waals surface area contributed by atoms with Gasteiger partial charge in [0.05, 0.1) is 16.8 Å². The third-order valence-corrected chi connectivity index (χ3v) is 3.14. The van der Waals surface area contributed by atoms with Gasteiger partial charge in [0.25, 0.3) is 0 Å². The highest BCUT2D eigenvalue weighted by Gasteiger charge is 2.21. The Morgan fingerprint density at radius 2 is 2.44 bits per heavy atom. The topological polar surface area (TPSA) is 48.4 Å². The largest absolute Gasteiger partial charge is 0.392 e. The van der Waals surface area contributed by atoms with Crippen molar-refractivity contribution in [3.8, 4) is 0 Å². The van der Waals surface area contributed by atoms with Crippen molar-refractivity contribution in [1.29, 1.82) is 0 Å². The highest BCUT2D eigenvalue weighted by atomic mass is 35.5. The maximum absolute atomic E-state index is 9.44. The molecule has 0 saturated carbocycles. The summed E-state index contributed by atoms with van der Waals surface area (Å²) in [5, 5.41) is 13.1. The Morgan fingerprint density at radius 1 is 1.62 bits per heavy atom. The zero-order valence-electron chi connectivity index (χ0n) is 9.28. The van der Waals surface area contributed by atoms with E-state index in [1.165, 1.54) is 0 Å². The van der Waals surface area contributed by atoms with Gasteiger partial charge < -0.3 is 10.4 Å². The molecule has 1 saturated heterocycles. The van der Waals surface area contributed by atoms with Crippen LogP contribution in [0.2, 0.25) is 5.02 Å². The average Bonchev–Trinajstić information content (AvgIpc) is 2.67. The number of pyridine rings is 1. The molecule has 2 rings (SSSR count). The van der Waals surface area contributed by atoms with E-state index in [1.54, 1.807) is 0 Å². The van der Waals surface area contributed by atoms with Crippen molar-refractivity contribution in [3.05, 3.63) is 22.8 Å². The first-order chi connectivity index (χ1) is 7.69. The van der Waals surface area contributed by atoms with Gasteiger partial charge in [-0.25, -0.2) is 4.98 Å². The summed E-state index contributed by atoms with van der Waals surface area (Å²) < 4.78 is 0. The van der Waals surface area contributed by atoms with E-state index in [2.05, 4.69) is 15.2 Å². The molecule has 1 atom stereocenters. The second-order valence-corrected chi connectivity index (χ2v) is 4.46. The van der Waals surface area contributed by atoms with Crippen molar-refractivity contribution in [2.75, 3.05) is 25.5 Å². The van der Waals surface area contributed by atoms with Crippen LogP contribution in [0.25, 0.3) is 0 Å². The first kappa shape index (κ1) is 11.6. The maximum atomic E-state index is 9.44. The summed E-state index contributed by atoms with van der Waals surface area (Å²) >= 11 is 6.09. The van der Waals surface area contributed by atoms with E-state index in [1.807, 2.05) is 19.2 Å². The van der Waals surface area contributed by atoms with E-state index in [9.17, 15) is 5.11 Å². The van der Waals surface area contributed by atoms with Crippen LogP contribution in [-0.2, 0) is 6.54 Å². The number of aliphatic hydroxyl groups is 1. The van der Waals surface area contributed by atoms with Crippen LogP contribution in [0.4, 0.5) is 5.82 Å². The number of nitrogens with one attached hydrogen (secondary N) is 1. The molecule has 1 aromatic heterocycles. The summed E-state index contributed by atoms with van der Waals surface area (Å²) in [6.45, 7) is 2.32. The number of rotatable bonds is 3. The number of aromatic nitrogens is 1. The summed E-state index contributed by atoms with van der Waals surface area (Å²) in [4.78, 5) is 6.58. The average molecular weight is 242 g/mol. The second-order valence-electron chi connectivity index (χ2n) is 4.05. The summed E-state index contributed by atoms with van der Waals surface area (Å²) in [5.41, 5.74) is 0.864. The van der Waals surface area contributed by atoms with Gasteiger partial charge >= 0.3 is 0 Å². The molecule has 1 unspecified atom stereocenters. The molecule has 1 aliphatic rings. The van der Waals surface area contributed by atoms with Crippen molar-refractivity contribution in [3.63, 3.8) is 0 Å². The van der Waals surface area contributed by atoms with Crippen LogP contribution in [0.5, 0.6) is 0 Å². The second kappa shape index (κ2) is 4.99. The summed E-state index contributed by atoms with van der Waals surface area (Å²) in [5.74, 6) is 0.819. The minimum absolute atomic E-state index is 0.203. The molecule has 88 valence electrons. The van der Waals surface area contributed by atoms with Gasteiger partial charge in [-0.05, 0) is 18.6 Å². The molecular formula is C11H16ClN3O. The smallest absolute Gasteiger partial charge is 0.126 e. The summed E-state index contributed by atoms with van der Waals surface area (Å²) in [6, 6.07) is 3.70. The van der Waals surface area contributed by atoms with E-state index in [-0.39, 0.29) is 6.10 Å². The molecule has 1 aromatic rings. The molecule has 4 nitrogen and oxygen atoms in total. The number of hydrogen-bond acceptors (Lipinski definition) is 4. The van der Waals surface area contributed by atoms with Crippen LogP contribution < -0.4 is 5.32 Å². The fourth-order valence-corrected chi connectivity index (χ4v) is 2.07. The highest BCUT2D eigenvalue weighted by molar-refractivity contribution is 6.31. The van der Waals surface area contributed by atoms with Gasteiger partial charge in [0.15, 0.2) is 0 Å². The minimum atomic E-state index is -0.203. The molecular weight excluding hydrogens is 226 g/mol. The molecule has 0 aliphatic carbocycles. The third kappa shape index (κ3) is 2.64. The molecule has 16 heavy (non-hydrogen) atoms. The lowest BCUT2D eigenvalue weighted by molar-refractivity contribution is 0.174. The molecule has 0 radical (unpaired) electrons. The van der Waals surface area contributed by atoms with Gasteiger partial charge in [-0.3, -0.25) is 4.90 Å². The Morgan fingerprint density at radius 3 is 3.06 bits per heavy atom. The van der Waals surface area contributed by atoms with E-state index in [0.717, 1.165) is 24.5 Å². The van der Waals surface area contributed by atoms with Crippen molar-refractivity contribution in [2.45, 2.75) is 19.1 Å². The lowest BCUT2D eigenvalue weighted by atomic mass is 10.3. The molecule has 0 bridgehead atoms. The molecule has 5 heteroatoms. The Balaban J connectivity index is 2.08. The standard InChI is InChI=1S/C11H16ClN3O/c1-13-11-3-2-9(12)10(14-11)7-15-5-4-8(16)6-15/h2-3,8,16H,4-7H2,1H3,(H,13,14). The van der Waals surface area contributed by atoms with Crippen LogP contribution in [0, 0.1) is 0 Å². The predicted molar refractivity (Wildman–Crippen MR) is 64.7 cm³/mol. The van der Waals surface area contributed by atoms with Crippen LogP contribution >= 0.6 is 11.6 Å². The summed E-state index contributed by atoms with van der Waals surface area (Å²) in [7, 11) is 1.83. The number of halogens is 1. The lowest BCUT2D eigenvalue weighted by Gasteiger charge is -2.15. The van der Waals surface area contributed by atoms with Gasteiger partial charge in [0.2, 0.25) is 0 Å². The van der Waals surface area contributed by atoms with Crippen molar-refractivity contribution < 1.29 is 5.11 Å².